The van der Waals surface area contributed by atoms with E-state index in [1.54, 1.807) is 38.1 Å². The number of carbonyl (C=O) groups excluding carboxylic acids is 3. The Labute approximate surface area is 183 Å². The first kappa shape index (κ1) is 24.7. The van der Waals surface area contributed by atoms with Gasteiger partial charge < -0.3 is 19.9 Å². The standard InChI is InChI=1S/C23H34N2O6/c1-4-6-7-8-9-14-23(3)21(28)25(22(29)24-23)15-18(26)16-31-19-12-10-17(11-13-19)20(27)30-5-2/h10-13,18,26H,4-9,14-16H2,1-3H3,(H,24,29). The van der Waals surface area contributed by atoms with Crippen molar-refractivity contribution in [3.8, 4) is 5.75 Å². The van der Waals surface area contributed by atoms with Gasteiger partial charge in [-0.1, -0.05) is 39.0 Å². The molecular formula is C23H34N2O6. The molecule has 2 atom stereocenters. The monoisotopic (exact) mass is 434 g/mol. The maximum atomic E-state index is 12.8. The van der Waals surface area contributed by atoms with E-state index < -0.39 is 23.6 Å². The molecule has 0 radical (unpaired) electrons. The molecule has 172 valence electrons. The quantitative estimate of drug-likeness (QED) is 0.280. The minimum atomic E-state index is -1.04. The minimum absolute atomic E-state index is 0.0937. The summed E-state index contributed by atoms with van der Waals surface area (Å²) in [7, 11) is 0. The highest BCUT2D eigenvalue weighted by Gasteiger charge is 2.47. The number of hydrogen-bond donors (Lipinski definition) is 2. The van der Waals surface area contributed by atoms with Crippen molar-refractivity contribution in [2.45, 2.75) is 70.9 Å². The molecule has 0 aromatic heterocycles. The molecule has 0 saturated carbocycles. The summed E-state index contributed by atoms with van der Waals surface area (Å²) < 4.78 is 10.4. The maximum Gasteiger partial charge on any atom is 0.338 e. The van der Waals surface area contributed by atoms with Crippen LogP contribution in [0.15, 0.2) is 24.3 Å². The van der Waals surface area contributed by atoms with Crippen molar-refractivity contribution in [3.63, 3.8) is 0 Å². The number of ether oxygens (including phenoxy) is 2. The van der Waals surface area contributed by atoms with Gasteiger partial charge in [0.2, 0.25) is 0 Å². The van der Waals surface area contributed by atoms with Crippen molar-refractivity contribution < 1.29 is 29.0 Å². The van der Waals surface area contributed by atoms with Crippen LogP contribution in [0.4, 0.5) is 4.79 Å². The Balaban J connectivity index is 1.82. The van der Waals surface area contributed by atoms with Crippen LogP contribution in [-0.4, -0.2) is 59.3 Å². The lowest BCUT2D eigenvalue weighted by atomic mass is 9.94. The zero-order chi connectivity index (χ0) is 22.9. The van der Waals surface area contributed by atoms with Crippen LogP contribution in [0.1, 0.15) is 69.7 Å². The number of esters is 1. The Hall–Kier alpha value is -2.61. The fraction of sp³-hybridized carbons (Fsp3) is 0.609. The van der Waals surface area contributed by atoms with Crippen LogP contribution in [0.2, 0.25) is 0 Å². The number of unbranched alkanes of at least 4 members (excludes halogenated alkanes) is 4. The lowest BCUT2D eigenvalue weighted by Gasteiger charge is -2.22. The number of aliphatic hydroxyl groups is 1. The largest absolute Gasteiger partial charge is 0.491 e. The van der Waals surface area contributed by atoms with Gasteiger partial charge in [0.05, 0.1) is 18.7 Å². The summed E-state index contributed by atoms with van der Waals surface area (Å²) >= 11 is 0. The van der Waals surface area contributed by atoms with E-state index in [-0.39, 0.29) is 19.1 Å². The maximum absolute atomic E-state index is 12.8. The normalized spacial score (nSPS) is 19.3. The zero-order valence-corrected chi connectivity index (χ0v) is 18.7. The molecule has 8 nitrogen and oxygen atoms in total. The molecule has 1 aliphatic heterocycles. The van der Waals surface area contributed by atoms with Gasteiger partial charge in [-0.05, 0) is 44.5 Å². The van der Waals surface area contributed by atoms with Crippen LogP contribution < -0.4 is 10.1 Å². The first-order valence-corrected chi connectivity index (χ1v) is 11.0. The molecule has 31 heavy (non-hydrogen) atoms. The zero-order valence-electron chi connectivity index (χ0n) is 18.7. The number of aliphatic hydroxyl groups excluding tert-OH is 1. The lowest BCUT2D eigenvalue weighted by molar-refractivity contribution is -0.132. The second kappa shape index (κ2) is 11.7. The Morgan fingerprint density at radius 1 is 1.13 bits per heavy atom. The smallest absolute Gasteiger partial charge is 0.338 e. The van der Waals surface area contributed by atoms with Crippen molar-refractivity contribution in [3.05, 3.63) is 29.8 Å². The van der Waals surface area contributed by atoms with Crippen molar-refractivity contribution in [1.29, 1.82) is 0 Å². The molecule has 2 N–H and O–H groups in total. The summed E-state index contributed by atoms with van der Waals surface area (Å²) in [5, 5.41) is 13.1. The van der Waals surface area contributed by atoms with Gasteiger partial charge in [-0.2, -0.15) is 0 Å². The summed E-state index contributed by atoms with van der Waals surface area (Å²) in [4.78, 5) is 37.8. The second-order valence-corrected chi connectivity index (χ2v) is 8.05. The third-order valence-corrected chi connectivity index (χ3v) is 5.33. The number of amides is 3. The van der Waals surface area contributed by atoms with Gasteiger partial charge in [-0.25, -0.2) is 9.59 Å². The Kier molecular flexibility index (Phi) is 9.30. The van der Waals surface area contributed by atoms with E-state index in [1.807, 2.05) is 0 Å². The van der Waals surface area contributed by atoms with Crippen LogP contribution >= 0.6 is 0 Å². The van der Waals surface area contributed by atoms with Gasteiger partial charge >= 0.3 is 12.0 Å². The van der Waals surface area contributed by atoms with E-state index in [0.29, 0.717) is 24.3 Å². The van der Waals surface area contributed by atoms with E-state index in [4.69, 9.17) is 9.47 Å². The van der Waals surface area contributed by atoms with Crippen molar-refractivity contribution >= 4 is 17.9 Å². The minimum Gasteiger partial charge on any atom is -0.491 e. The molecule has 0 bridgehead atoms. The van der Waals surface area contributed by atoms with Gasteiger partial charge in [-0.3, -0.25) is 9.69 Å². The molecule has 8 heteroatoms. The predicted octanol–water partition coefficient (Wildman–Crippen LogP) is 3.27. The van der Waals surface area contributed by atoms with Gasteiger partial charge in [0.1, 0.15) is 24.0 Å². The summed E-state index contributed by atoms with van der Waals surface area (Å²) in [6.45, 7) is 5.68. The molecule has 1 fully saturated rings. The molecule has 1 aromatic rings. The Morgan fingerprint density at radius 3 is 2.45 bits per heavy atom. The Morgan fingerprint density at radius 2 is 1.81 bits per heavy atom. The lowest BCUT2D eigenvalue weighted by Crippen LogP contribution is -2.45. The molecule has 3 amide bonds. The highest BCUT2D eigenvalue weighted by molar-refractivity contribution is 6.06. The molecule has 1 saturated heterocycles. The number of hydrogen-bond acceptors (Lipinski definition) is 6. The molecule has 1 aromatic carbocycles. The molecule has 0 aliphatic carbocycles. The first-order valence-electron chi connectivity index (χ1n) is 11.0. The number of β-amino-alcohol motifs (C(OH)–C–C–N with tert-alkyl or cyclic N) is 1. The highest BCUT2D eigenvalue weighted by atomic mass is 16.5. The number of benzene rings is 1. The topological polar surface area (TPSA) is 105 Å². The van der Waals surface area contributed by atoms with Gasteiger partial charge in [0, 0.05) is 0 Å². The summed E-state index contributed by atoms with van der Waals surface area (Å²) in [5.74, 6) is -0.270. The van der Waals surface area contributed by atoms with E-state index in [0.717, 1.165) is 30.6 Å². The molecule has 2 rings (SSSR count). The first-order chi connectivity index (χ1) is 14.8. The second-order valence-electron chi connectivity index (χ2n) is 8.05. The average molecular weight is 435 g/mol. The van der Waals surface area contributed by atoms with Crippen LogP contribution in [-0.2, 0) is 9.53 Å². The van der Waals surface area contributed by atoms with Crippen molar-refractivity contribution in [2.24, 2.45) is 0 Å². The number of rotatable bonds is 13. The van der Waals surface area contributed by atoms with Crippen LogP contribution in [0, 0.1) is 0 Å². The van der Waals surface area contributed by atoms with Gasteiger partial charge in [0.25, 0.3) is 5.91 Å². The number of nitrogens with one attached hydrogen (secondary N) is 1. The average Bonchev–Trinajstić information content (AvgIpc) is 2.96. The summed E-state index contributed by atoms with van der Waals surface area (Å²) in [6, 6.07) is 5.86. The van der Waals surface area contributed by atoms with E-state index in [1.165, 1.54) is 6.42 Å². The van der Waals surface area contributed by atoms with E-state index in [9.17, 15) is 19.5 Å². The van der Waals surface area contributed by atoms with Crippen LogP contribution in [0.5, 0.6) is 5.75 Å². The number of nitrogens with zero attached hydrogens (tertiary/aromatic N) is 1. The SMILES string of the molecule is CCCCCCCC1(C)NC(=O)N(CC(O)COc2ccc(C(=O)OCC)cc2)C1=O. The van der Waals surface area contributed by atoms with E-state index in [2.05, 4.69) is 12.2 Å². The highest BCUT2D eigenvalue weighted by Crippen LogP contribution is 2.24. The van der Waals surface area contributed by atoms with Crippen LogP contribution in [0.3, 0.4) is 0 Å². The Bertz CT molecular complexity index is 751. The number of carbonyl (C=O) groups is 3. The predicted molar refractivity (Wildman–Crippen MR) is 116 cm³/mol. The molecule has 0 spiro atoms. The fourth-order valence-electron chi connectivity index (χ4n) is 3.52. The summed E-state index contributed by atoms with van der Waals surface area (Å²) in [6.07, 6.45) is 4.87. The van der Waals surface area contributed by atoms with Crippen molar-refractivity contribution in [1.82, 2.24) is 10.2 Å². The molecule has 2 unspecified atom stereocenters. The number of imide groups is 1. The number of urea groups is 1. The van der Waals surface area contributed by atoms with E-state index >= 15 is 0 Å². The third-order valence-electron chi connectivity index (χ3n) is 5.33. The molecule has 1 heterocycles. The van der Waals surface area contributed by atoms with Gasteiger partial charge in [-0.15, -0.1) is 0 Å². The van der Waals surface area contributed by atoms with Gasteiger partial charge in [0.15, 0.2) is 0 Å². The van der Waals surface area contributed by atoms with Crippen molar-refractivity contribution in [2.75, 3.05) is 19.8 Å². The molecular weight excluding hydrogens is 400 g/mol. The molecule has 1 aliphatic rings. The third kappa shape index (κ3) is 6.95. The fourth-order valence-corrected chi connectivity index (χ4v) is 3.52. The van der Waals surface area contributed by atoms with Crippen LogP contribution in [0.25, 0.3) is 0 Å². The summed E-state index contributed by atoms with van der Waals surface area (Å²) in [5.41, 5.74) is -0.518.